The molecule has 1 aliphatic heterocycles. The highest BCUT2D eigenvalue weighted by Gasteiger charge is 2.36. The van der Waals surface area contributed by atoms with Gasteiger partial charge in [0.25, 0.3) is 0 Å². The van der Waals surface area contributed by atoms with Gasteiger partial charge in [-0.3, -0.25) is 9.88 Å². The molecule has 1 fully saturated rings. The van der Waals surface area contributed by atoms with E-state index in [2.05, 4.69) is 20.1 Å². The van der Waals surface area contributed by atoms with E-state index in [0.717, 1.165) is 11.6 Å². The second kappa shape index (κ2) is 8.86. The molecule has 0 aliphatic carbocycles. The van der Waals surface area contributed by atoms with E-state index in [-0.39, 0.29) is 11.7 Å². The summed E-state index contributed by atoms with van der Waals surface area (Å²) in [5.74, 6) is -0.815. The van der Waals surface area contributed by atoms with Gasteiger partial charge in [0.1, 0.15) is 17.5 Å². The van der Waals surface area contributed by atoms with Gasteiger partial charge < -0.3 is 9.47 Å². The molecule has 0 amide bonds. The lowest BCUT2D eigenvalue weighted by atomic mass is 10.0. The van der Waals surface area contributed by atoms with E-state index in [1.807, 2.05) is 30.3 Å². The lowest BCUT2D eigenvalue weighted by Crippen LogP contribution is -2.46. The Morgan fingerprint density at radius 3 is 2.63 bits per heavy atom. The standard InChI is InChI=1S/C21H22F2N4O3/c1-13(15-9-16(22)11-17(23)10-15)30-20-19(14-5-3-2-4-6-14)27(7-8-29-20)12-18-24-21(28)26-25-18/h2-6,9-11,13,19-20H,7-8,12H2,1H3,(H2,24,25,26,28). The van der Waals surface area contributed by atoms with Crippen LogP contribution in [-0.2, 0) is 16.0 Å². The minimum atomic E-state index is -0.687. The second-order valence-electron chi connectivity index (χ2n) is 7.17. The van der Waals surface area contributed by atoms with Crippen molar-refractivity contribution >= 4 is 0 Å². The number of ether oxygens (including phenoxy) is 2. The molecule has 30 heavy (non-hydrogen) atoms. The molecule has 3 aromatic rings. The monoisotopic (exact) mass is 416 g/mol. The molecule has 7 nitrogen and oxygen atoms in total. The zero-order valence-corrected chi connectivity index (χ0v) is 16.3. The van der Waals surface area contributed by atoms with Crippen LogP contribution in [0.2, 0.25) is 0 Å². The third-order valence-corrected chi connectivity index (χ3v) is 5.05. The fraction of sp³-hybridized carbons (Fsp3) is 0.333. The van der Waals surface area contributed by atoms with Crippen LogP contribution in [0.5, 0.6) is 0 Å². The van der Waals surface area contributed by atoms with E-state index in [0.29, 0.717) is 31.1 Å². The number of hydrogen-bond donors (Lipinski definition) is 2. The van der Waals surface area contributed by atoms with Crippen LogP contribution in [-0.4, -0.2) is 39.5 Å². The van der Waals surface area contributed by atoms with Crippen LogP contribution in [0, 0.1) is 11.6 Å². The molecule has 0 radical (unpaired) electrons. The summed E-state index contributed by atoms with van der Waals surface area (Å²) >= 11 is 0. The fourth-order valence-corrected chi connectivity index (χ4v) is 3.66. The van der Waals surface area contributed by atoms with Crippen LogP contribution in [0.25, 0.3) is 0 Å². The van der Waals surface area contributed by atoms with Crippen molar-refractivity contribution in [3.8, 4) is 0 Å². The van der Waals surface area contributed by atoms with Crippen molar-refractivity contribution in [2.75, 3.05) is 13.2 Å². The molecule has 1 saturated heterocycles. The fourth-order valence-electron chi connectivity index (χ4n) is 3.66. The Balaban J connectivity index is 1.60. The third-order valence-electron chi connectivity index (χ3n) is 5.05. The summed E-state index contributed by atoms with van der Waals surface area (Å²) in [6, 6.07) is 12.7. The van der Waals surface area contributed by atoms with Gasteiger partial charge in [-0.15, -0.1) is 0 Å². The number of aromatic nitrogens is 3. The minimum absolute atomic E-state index is 0.305. The van der Waals surface area contributed by atoms with Gasteiger partial charge in [0, 0.05) is 12.6 Å². The van der Waals surface area contributed by atoms with Gasteiger partial charge >= 0.3 is 5.69 Å². The molecule has 9 heteroatoms. The van der Waals surface area contributed by atoms with Crippen molar-refractivity contribution in [2.45, 2.75) is 31.9 Å². The van der Waals surface area contributed by atoms with Gasteiger partial charge in [-0.1, -0.05) is 30.3 Å². The molecule has 0 spiro atoms. The Hall–Kier alpha value is -2.88. The largest absolute Gasteiger partial charge is 0.349 e. The Labute approximate surface area is 171 Å². The first kappa shape index (κ1) is 20.4. The number of rotatable bonds is 6. The summed E-state index contributed by atoms with van der Waals surface area (Å²) in [4.78, 5) is 16.2. The lowest BCUT2D eigenvalue weighted by molar-refractivity contribution is -0.231. The van der Waals surface area contributed by atoms with Gasteiger partial charge in [0.2, 0.25) is 0 Å². The van der Waals surface area contributed by atoms with E-state index in [1.54, 1.807) is 6.92 Å². The molecular formula is C21H22F2N4O3. The van der Waals surface area contributed by atoms with Crippen molar-refractivity contribution in [2.24, 2.45) is 0 Å². The number of morpholine rings is 1. The number of aromatic amines is 2. The van der Waals surface area contributed by atoms with Gasteiger partial charge in [0.15, 0.2) is 6.29 Å². The quantitative estimate of drug-likeness (QED) is 0.645. The Morgan fingerprint density at radius 2 is 1.97 bits per heavy atom. The molecular weight excluding hydrogens is 394 g/mol. The van der Waals surface area contributed by atoms with Crippen molar-refractivity contribution in [1.82, 2.24) is 20.1 Å². The highest BCUT2D eigenvalue weighted by atomic mass is 19.1. The third kappa shape index (κ3) is 4.64. The highest BCUT2D eigenvalue weighted by Crippen LogP contribution is 2.34. The van der Waals surface area contributed by atoms with E-state index in [9.17, 15) is 13.6 Å². The minimum Gasteiger partial charge on any atom is -0.349 e. The van der Waals surface area contributed by atoms with Crippen molar-refractivity contribution in [3.05, 3.63) is 87.6 Å². The van der Waals surface area contributed by atoms with E-state index >= 15 is 0 Å². The maximum absolute atomic E-state index is 13.6. The molecule has 158 valence electrons. The van der Waals surface area contributed by atoms with E-state index in [1.165, 1.54) is 12.1 Å². The molecule has 0 bridgehead atoms. The number of hydrogen-bond acceptors (Lipinski definition) is 5. The predicted octanol–water partition coefficient (Wildman–Crippen LogP) is 3.05. The van der Waals surface area contributed by atoms with Crippen LogP contribution in [0.4, 0.5) is 8.78 Å². The summed E-state index contributed by atoms with van der Waals surface area (Å²) in [6.45, 7) is 3.10. The first-order valence-corrected chi connectivity index (χ1v) is 9.65. The molecule has 2 N–H and O–H groups in total. The first-order valence-electron chi connectivity index (χ1n) is 9.65. The second-order valence-corrected chi connectivity index (χ2v) is 7.17. The highest BCUT2D eigenvalue weighted by molar-refractivity contribution is 5.22. The average molecular weight is 416 g/mol. The van der Waals surface area contributed by atoms with Crippen LogP contribution in [0.15, 0.2) is 53.3 Å². The number of nitrogens with one attached hydrogen (secondary N) is 2. The summed E-state index contributed by atoms with van der Waals surface area (Å²) in [6.07, 6.45) is -1.29. The summed E-state index contributed by atoms with van der Waals surface area (Å²) < 4.78 is 39.3. The average Bonchev–Trinajstić information content (AvgIpc) is 3.13. The maximum Gasteiger partial charge on any atom is 0.340 e. The SMILES string of the molecule is CC(OC1OCCN(Cc2n[nH]c(=O)[nH]2)C1c1ccccc1)c1cc(F)cc(F)c1. The van der Waals surface area contributed by atoms with Gasteiger partial charge in [-0.25, -0.2) is 18.7 Å². The van der Waals surface area contributed by atoms with Crippen molar-refractivity contribution < 1.29 is 18.3 Å². The molecule has 2 heterocycles. The van der Waals surface area contributed by atoms with E-state index < -0.39 is 24.0 Å². The Morgan fingerprint density at radius 1 is 1.23 bits per heavy atom. The molecule has 3 unspecified atom stereocenters. The summed E-state index contributed by atoms with van der Waals surface area (Å²) in [5.41, 5.74) is 0.971. The lowest BCUT2D eigenvalue weighted by Gasteiger charge is -2.41. The van der Waals surface area contributed by atoms with Gasteiger partial charge in [0.05, 0.1) is 25.3 Å². The zero-order chi connectivity index (χ0) is 21.1. The number of halogens is 2. The smallest absolute Gasteiger partial charge is 0.340 e. The van der Waals surface area contributed by atoms with Gasteiger partial charge in [-0.05, 0) is 30.2 Å². The Kier molecular flexibility index (Phi) is 6.03. The van der Waals surface area contributed by atoms with Crippen LogP contribution >= 0.6 is 0 Å². The molecule has 1 aliphatic rings. The number of nitrogens with zero attached hydrogens (tertiary/aromatic N) is 2. The Bertz CT molecular complexity index is 1020. The summed E-state index contributed by atoms with van der Waals surface area (Å²) in [7, 11) is 0. The number of benzene rings is 2. The normalized spacial score (nSPS) is 20.9. The van der Waals surface area contributed by atoms with Gasteiger partial charge in [-0.2, -0.15) is 5.10 Å². The van der Waals surface area contributed by atoms with Crippen LogP contribution < -0.4 is 5.69 Å². The molecule has 1 aromatic heterocycles. The first-order chi connectivity index (χ1) is 14.5. The summed E-state index contributed by atoms with van der Waals surface area (Å²) in [5, 5.41) is 6.36. The van der Waals surface area contributed by atoms with Crippen LogP contribution in [0.1, 0.15) is 36.0 Å². The zero-order valence-electron chi connectivity index (χ0n) is 16.3. The maximum atomic E-state index is 13.6. The molecule has 2 aromatic carbocycles. The predicted molar refractivity (Wildman–Crippen MR) is 104 cm³/mol. The molecule has 4 rings (SSSR count). The van der Waals surface area contributed by atoms with Crippen LogP contribution in [0.3, 0.4) is 0 Å². The molecule has 3 atom stereocenters. The van der Waals surface area contributed by atoms with Crippen molar-refractivity contribution in [3.63, 3.8) is 0 Å². The van der Waals surface area contributed by atoms with E-state index in [4.69, 9.17) is 9.47 Å². The number of H-pyrrole nitrogens is 2. The van der Waals surface area contributed by atoms with Crippen molar-refractivity contribution in [1.29, 1.82) is 0 Å². The topological polar surface area (TPSA) is 83.2 Å². The molecule has 0 saturated carbocycles.